The van der Waals surface area contributed by atoms with Crippen LogP contribution in [0.2, 0.25) is 0 Å². The lowest BCUT2D eigenvalue weighted by Gasteiger charge is -2.39. The van der Waals surface area contributed by atoms with Crippen molar-refractivity contribution in [3.05, 3.63) is 42.1 Å². The molecule has 3 N–H and O–H groups in total. The molecule has 2 amide bonds. The number of hydrogen-bond acceptors (Lipinski definition) is 5. The standard InChI is InChI=1S/C22H27N5O3/c1-14-11-19(25-22(29)30)18-12-16(3-5-20(18)27(14)15(2)28)17-4-6-21(24-13-17)26-9-7-23-8-10-26/h3-6,12-14,19,23,25H,7-11H2,1-2H3,(H,29,30)/t14-,19+/m1/s1. The lowest BCUT2D eigenvalue weighted by Crippen LogP contribution is -2.45. The molecule has 0 unspecified atom stereocenters. The molecule has 1 aromatic carbocycles. The Morgan fingerprint density at radius 3 is 2.53 bits per heavy atom. The Labute approximate surface area is 175 Å². The van der Waals surface area contributed by atoms with Crippen LogP contribution in [0.5, 0.6) is 0 Å². The third-order valence-electron chi connectivity index (χ3n) is 5.84. The number of aromatic nitrogens is 1. The average molecular weight is 409 g/mol. The molecule has 0 saturated carbocycles. The van der Waals surface area contributed by atoms with Gasteiger partial charge in [-0.2, -0.15) is 0 Å². The molecule has 8 nitrogen and oxygen atoms in total. The van der Waals surface area contributed by atoms with E-state index in [-0.39, 0.29) is 18.0 Å². The maximum atomic E-state index is 12.2. The van der Waals surface area contributed by atoms with E-state index in [0.717, 1.165) is 54.4 Å². The SMILES string of the molecule is CC(=O)N1c2ccc(-c3ccc(N4CCNCC4)nc3)cc2[C@@H](NC(=O)O)C[C@H]1C. The van der Waals surface area contributed by atoms with Crippen LogP contribution >= 0.6 is 0 Å². The van der Waals surface area contributed by atoms with Gasteiger partial charge in [0.1, 0.15) is 5.82 Å². The Kier molecular flexibility index (Phi) is 5.59. The Bertz CT molecular complexity index is 940. The lowest BCUT2D eigenvalue weighted by atomic mass is 9.89. The number of benzene rings is 1. The summed E-state index contributed by atoms with van der Waals surface area (Å²) in [6.45, 7) is 7.26. The first kappa shape index (κ1) is 20.2. The van der Waals surface area contributed by atoms with Crippen LogP contribution < -0.4 is 20.4 Å². The van der Waals surface area contributed by atoms with Crippen LogP contribution in [0.25, 0.3) is 11.1 Å². The summed E-state index contributed by atoms with van der Waals surface area (Å²) in [7, 11) is 0. The molecule has 1 saturated heterocycles. The van der Waals surface area contributed by atoms with Crippen LogP contribution in [0.3, 0.4) is 0 Å². The van der Waals surface area contributed by atoms with Crippen molar-refractivity contribution < 1.29 is 14.7 Å². The Balaban J connectivity index is 1.67. The first-order chi connectivity index (χ1) is 14.4. The minimum absolute atomic E-state index is 0.0488. The Morgan fingerprint density at radius 2 is 1.90 bits per heavy atom. The lowest BCUT2D eigenvalue weighted by molar-refractivity contribution is -0.117. The molecule has 4 rings (SSSR count). The van der Waals surface area contributed by atoms with Gasteiger partial charge in [0, 0.05) is 56.6 Å². The molecular formula is C22H27N5O3. The highest BCUT2D eigenvalue weighted by molar-refractivity contribution is 5.94. The van der Waals surface area contributed by atoms with Gasteiger partial charge in [-0.05, 0) is 48.7 Å². The van der Waals surface area contributed by atoms with Crippen molar-refractivity contribution in [2.24, 2.45) is 0 Å². The first-order valence-electron chi connectivity index (χ1n) is 10.3. The summed E-state index contributed by atoms with van der Waals surface area (Å²) in [6, 6.07) is 9.46. The number of piperazine rings is 1. The van der Waals surface area contributed by atoms with Crippen molar-refractivity contribution in [1.29, 1.82) is 0 Å². The molecule has 2 aromatic rings. The van der Waals surface area contributed by atoms with Gasteiger partial charge in [0.2, 0.25) is 5.91 Å². The molecule has 0 aliphatic carbocycles. The van der Waals surface area contributed by atoms with Gasteiger partial charge in [-0.1, -0.05) is 6.07 Å². The molecule has 1 fully saturated rings. The normalized spacial score (nSPS) is 21.1. The topological polar surface area (TPSA) is 97.8 Å². The van der Waals surface area contributed by atoms with Gasteiger partial charge >= 0.3 is 6.09 Å². The monoisotopic (exact) mass is 409 g/mol. The fraction of sp³-hybridized carbons (Fsp3) is 0.409. The molecule has 2 aliphatic rings. The van der Waals surface area contributed by atoms with Crippen LogP contribution in [0.15, 0.2) is 36.5 Å². The number of pyridine rings is 1. The first-order valence-corrected chi connectivity index (χ1v) is 10.3. The third-order valence-corrected chi connectivity index (χ3v) is 5.84. The third kappa shape index (κ3) is 3.95. The zero-order valence-corrected chi connectivity index (χ0v) is 17.3. The van der Waals surface area contributed by atoms with E-state index in [2.05, 4.69) is 20.5 Å². The second kappa shape index (κ2) is 8.31. The minimum Gasteiger partial charge on any atom is -0.465 e. The smallest absolute Gasteiger partial charge is 0.405 e. The molecule has 1 aromatic heterocycles. The van der Waals surface area contributed by atoms with E-state index in [4.69, 9.17) is 0 Å². The summed E-state index contributed by atoms with van der Waals surface area (Å²) in [5, 5.41) is 15.2. The number of nitrogens with zero attached hydrogens (tertiary/aromatic N) is 3. The van der Waals surface area contributed by atoms with Crippen LogP contribution in [-0.2, 0) is 4.79 Å². The van der Waals surface area contributed by atoms with Gasteiger partial charge in [-0.3, -0.25) is 4.79 Å². The van der Waals surface area contributed by atoms with Crippen molar-refractivity contribution in [3.63, 3.8) is 0 Å². The van der Waals surface area contributed by atoms with Gasteiger partial charge < -0.3 is 25.5 Å². The summed E-state index contributed by atoms with van der Waals surface area (Å²) in [5.74, 6) is 0.910. The number of nitrogens with one attached hydrogen (secondary N) is 2. The predicted octanol–water partition coefficient (Wildman–Crippen LogP) is 2.61. The van der Waals surface area contributed by atoms with Crippen molar-refractivity contribution in [1.82, 2.24) is 15.6 Å². The molecule has 0 spiro atoms. The van der Waals surface area contributed by atoms with E-state index in [1.165, 1.54) is 6.92 Å². The second-order valence-electron chi connectivity index (χ2n) is 7.89. The molecule has 3 heterocycles. The fourth-order valence-electron chi connectivity index (χ4n) is 4.45. The van der Waals surface area contributed by atoms with E-state index in [9.17, 15) is 14.7 Å². The van der Waals surface area contributed by atoms with E-state index in [0.29, 0.717) is 6.42 Å². The number of anilines is 2. The van der Waals surface area contributed by atoms with Gasteiger partial charge in [0.05, 0.1) is 6.04 Å². The van der Waals surface area contributed by atoms with Gasteiger partial charge in [-0.25, -0.2) is 9.78 Å². The summed E-state index contributed by atoms with van der Waals surface area (Å²) < 4.78 is 0. The minimum atomic E-state index is -1.07. The number of carbonyl (C=O) groups excluding carboxylic acids is 1. The molecule has 0 bridgehead atoms. The Morgan fingerprint density at radius 1 is 1.17 bits per heavy atom. The summed E-state index contributed by atoms with van der Waals surface area (Å²) in [4.78, 5) is 32.2. The summed E-state index contributed by atoms with van der Waals surface area (Å²) in [5.41, 5.74) is 3.48. The van der Waals surface area contributed by atoms with Gasteiger partial charge in [0.25, 0.3) is 0 Å². The molecule has 0 radical (unpaired) electrons. The average Bonchev–Trinajstić information content (AvgIpc) is 2.73. The zero-order valence-electron chi connectivity index (χ0n) is 17.3. The number of rotatable bonds is 3. The molecule has 158 valence electrons. The van der Waals surface area contributed by atoms with E-state index >= 15 is 0 Å². The van der Waals surface area contributed by atoms with E-state index in [1.54, 1.807) is 4.90 Å². The highest BCUT2D eigenvalue weighted by Crippen LogP contribution is 2.39. The number of carbonyl (C=O) groups is 2. The highest BCUT2D eigenvalue weighted by atomic mass is 16.4. The van der Waals surface area contributed by atoms with Crippen LogP contribution in [0, 0.1) is 0 Å². The molecule has 2 aliphatic heterocycles. The molecule has 2 atom stereocenters. The van der Waals surface area contributed by atoms with Crippen LogP contribution in [0.1, 0.15) is 31.9 Å². The zero-order chi connectivity index (χ0) is 21.3. The molecule has 30 heavy (non-hydrogen) atoms. The van der Waals surface area contributed by atoms with E-state index < -0.39 is 6.09 Å². The maximum absolute atomic E-state index is 12.2. The fourth-order valence-corrected chi connectivity index (χ4v) is 4.45. The highest BCUT2D eigenvalue weighted by Gasteiger charge is 2.33. The number of carboxylic acid groups (broad SMARTS) is 1. The predicted molar refractivity (Wildman–Crippen MR) is 116 cm³/mol. The largest absolute Gasteiger partial charge is 0.465 e. The van der Waals surface area contributed by atoms with Gasteiger partial charge in [-0.15, -0.1) is 0 Å². The molecule has 8 heteroatoms. The number of fused-ring (bicyclic) bond motifs is 1. The van der Waals surface area contributed by atoms with Gasteiger partial charge in [0.15, 0.2) is 0 Å². The number of hydrogen-bond donors (Lipinski definition) is 3. The van der Waals surface area contributed by atoms with Crippen molar-refractivity contribution >= 4 is 23.5 Å². The van der Waals surface area contributed by atoms with Crippen molar-refractivity contribution in [2.75, 3.05) is 36.0 Å². The Hall–Kier alpha value is -3.13. The quantitative estimate of drug-likeness (QED) is 0.721. The van der Waals surface area contributed by atoms with E-state index in [1.807, 2.05) is 43.5 Å². The van der Waals surface area contributed by atoms with Crippen molar-refractivity contribution in [2.45, 2.75) is 32.4 Å². The van der Waals surface area contributed by atoms with Crippen molar-refractivity contribution in [3.8, 4) is 11.1 Å². The number of amides is 2. The van der Waals surface area contributed by atoms with Crippen LogP contribution in [-0.4, -0.2) is 54.3 Å². The summed E-state index contributed by atoms with van der Waals surface area (Å²) in [6.07, 6.45) is 1.32. The second-order valence-corrected chi connectivity index (χ2v) is 7.89. The summed E-state index contributed by atoms with van der Waals surface area (Å²) >= 11 is 0. The maximum Gasteiger partial charge on any atom is 0.405 e. The molecular weight excluding hydrogens is 382 g/mol. The van der Waals surface area contributed by atoms with Crippen LogP contribution in [0.4, 0.5) is 16.3 Å².